The van der Waals surface area contributed by atoms with Gasteiger partial charge in [-0.2, -0.15) is 0 Å². The molecule has 1 aromatic rings. The summed E-state index contributed by atoms with van der Waals surface area (Å²) in [5.74, 6) is 0.0332. The Labute approximate surface area is 91.5 Å². The van der Waals surface area contributed by atoms with Crippen LogP contribution in [-0.4, -0.2) is 17.0 Å². The van der Waals surface area contributed by atoms with Crippen LogP contribution < -0.4 is 5.32 Å². The molecule has 0 aliphatic heterocycles. The Morgan fingerprint density at radius 2 is 1.60 bits per heavy atom. The van der Waals surface area contributed by atoms with E-state index in [0.717, 1.165) is 6.54 Å². The molecule has 3 nitrogen and oxygen atoms in total. The lowest BCUT2D eigenvalue weighted by atomic mass is 10.2. The van der Waals surface area contributed by atoms with Gasteiger partial charge in [0.25, 0.3) is 0 Å². The third-order valence-electron chi connectivity index (χ3n) is 3.17. The number of nitrogens with zero attached hydrogens (tertiary/aromatic N) is 1. The maximum Gasteiger partial charge on any atom is 0.216 e. The molecular formula is C12H20N2O. The molecule has 1 rings (SSSR count). The van der Waals surface area contributed by atoms with Crippen LogP contribution in [-0.2, 0) is 11.3 Å². The van der Waals surface area contributed by atoms with Crippen LogP contribution in [0.25, 0.3) is 0 Å². The van der Waals surface area contributed by atoms with Gasteiger partial charge in [0.15, 0.2) is 0 Å². The van der Waals surface area contributed by atoms with Crippen molar-refractivity contribution in [1.82, 2.24) is 9.88 Å². The molecule has 0 aromatic carbocycles. The van der Waals surface area contributed by atoms with Crippen molar-refractivity contribution >= 4 is 5.91 Å². The van der Waals surface area contributed by atoms with Crippen LogP contribution in [0.5, 0.6) is 0 Å². The van der Waals surface area contributed by atoms with Crippen LogP contribution in [0, 0.1) is 27.7 Å². The number of hydrogen-bond donors (Lipinski definition) is 1. The van der Waals surface area contributed by atoms with E-state index < -0.39 is 0 Å². The Morgan fingerprint density at radius 1 is 1.13 bits per heavy atom. The second-order valence-electron chi connectivity index (χ2n) is 4.06. The highest BCUT2D eigenvalue weighted by molar-refractivity contribution is 5.72. The minimum Gasteiger partial charge on any atom is -0.355 e. The summed E-state index contributed by atoms with van der Waals surface area (Å²) >= 11 is 0. The summed E-state index contributed by atoms with van der Waals surface area (Å²) in [6.45, 7) is 11.6. The largest absolute Gasteiger partial charge is 0.355 e. The van der Waals surface area contributed by atoms with Crippen molar-refractivity contribution in [2.24, 2.45) is 0 Å². The van der Waals surface area contributed by atoms with Crippen LogP contribution in [0.1, 0.15) is 29.4 Å². The van der Waals surface area contributed by atoms with Gasteiger partial charge in [-0.25, -0.2) is 0 Å². The van der Waals surface area contributed by atoms with Crippen molar-refractivity contribution in [2.75, 3.05) is 6.54 Å². The van der Waals surface area contributed by atoms with E-state index in [1.54, 1.807) is 6.92 Å². The average Bonchev–Trinajstić information content (AvgIpc) is 2.34. The van der Waals surface area contributed by atoms with Crippen molar-refractivity contribution < 1.29 is 4.79 Å². The van der Waals surface area contributed by atoms with Gasteiger partial charge < -0.3 is 9.88 Å². The zero-order valence-corrected chi connectivity index (χ0v) is 10.3. The molecule has 0 saturated heterocycles. The topological polar surface area (TPSA) is 34.0 Å². The Bertz CT molecular complexity index is 352. The van der Waals surface area contributed by atoms with E-state index in [4.69, 9.17) is 0 Å². The Balaban J connectivity index is 2.77. The Kier molecular flexibility index (Phi) is 3.56. The first-order chi connectivity index (χ1) is 6.95. The maximum atomic E-state index is 10.8. The minimum absolute atomic E-state index is 0.0332. The van der Waals surface area contributed by atoms with Crippen molar-refractivity contribution in [2.45, 2.75) is 41.2 Å². The highest BCUT2D eigenvalue weighted by atomic mass is 16.1. The van der Waals surface area contributed by atoms with E-state index in [9.17, 15) is 4.79 Å². The van der Waals surface area contributed by atoms with Crippen LogP contribution in [0.2, 0.25) is 0 Å². The molecule has 0 bridgehead atoms. The summed E-state index contributed by atoms with van der Waals surface area (Å²) in [4.78, 5) is 10.8. The molecule has 1 aromatic heterocycles. The summed E-state index contributed by atoms with van der Waals surface area (Å²) in [5.41, 5.74) is 5.32. The van der Waals surface area contributed by atoms with E-state index in [1.165, 1.54) is 22.5 Å². The second kappa shape index (κ2) is 4.51. The maximum absolute atomic E-state index is 10.8. The molecular weight excluding hydrogens is 188 g/mol. The molecule has 1 N–H and O–H groups in total. The minimum atomic E-state index is 0.0332. The smallest absolute Gasteiger partial charge is 0.216 e. The fraction of sp³-hybridized carbons (Fsp3) is 0.583. The quantitative estimate of drug-likeness (QED) is 0.808. The lowest BCUT2D eigenvalue weighted by molar-refractivity contribution is -0.118. The predicted molar refractivity (Wildman–Crippen MR) is 62.1 cm³/mol. The first-order valence-corrected chi connectivity index (χ1v) is 5.32. The van der Waals surface area contributed by atoms with Gasteiger partial charge in [0.05, 0.1) is 0 Å². The van der Waals surface area contributed by atoms with Crippen LogP contribution in [0.3, 0.4) is 0 Å². The van der Waals surface area contributed by atoms with Crippen LogP contribution >= 0.6 is 0 Å². The first-order valence-electron chi connectivity index (χ1n) is 5.32. The standard InChI is InChI=1S/C12H20N2O/c1-8-9(2)11(4)14(10(8)3)7-6-13-12(5)15/h6-7H2,1-5H3,(H,13,15). The van der Waals surface area contributed by atoms with Gasteiger partial charge in [0.1, 0.15) is 0 Å². The number of nitrogens with one attached hydrogen (secondary N) is 1. The molecule has 0 saturated carbocycles. The predicted octanol–water partition coefficient (Wildman–Crippen LogP) is 1.86. The van der Waals surface area contributed by atoms with Gasteiger partial charge in [0, 0.05) is 31.4 Å². The van der Waals surface area contributed by atoms with Crippen LogP contribution in [0.15, 0.2) is 0 Å². The second-order valence-corrected chi connectivity index (χ2v) is 4.06. The van der Waals surface area contributed by atoms with Gasteiger partial charge in [-0.15, -0.1) is 0 Å². The molecule has 0 aliphatic rings. The van der Waals surface area contributed by atoms with Gasteiger partial charge in [-0.1, -0.05) is 0 Å². The molecule has 0 atom stereocenters. The van der Waals surface area contributed by atoms with Crippen LogP contribution in [0.4, 0.5) is 0 Å². The monoisotopic (exact) mass is 208 g/mol. The number of carbonyl (C=O) groups excluding carboxylic acids is 1. The van der Waals surface area contributed by atoms with E-state index >= 15 is 0 Å². The molecule has 0 aliphatic carbocycles. The fourth-order valence-corrected chi connectivity index (χ4v) is 1.88. The molecule has 1 amide bonds. The molecule has 84 valence electrons. The van der Waals surface area contributed by atoms with Crippen molar-refractivity contribution in [1.29, 1.82) is 0 Å². The van der Waals surface area contributed by atoms with Gasteiger partial charge in [-0.3, -0.25) is 4.79 Å². The van der Waals surface area contributed by atoms with E-state index in [2.05, 4.69) is 37.6 Å². The number of amides is 1. The van der Waals surface area contributed by atoms with E-state index in [1.807, 2.05) is 0 Å². The fourth-order valence-electron chi connectivity index (χ4n) is 1.88. The summed E-state index contributed by atoms with van der Waals surface area (Å²) in [6, 6.07) is 0. The highest BCUT2D eigenvalue weighted by Crippen LogP contribution is 2.19. The molecule has 0 unspecified atom stereocenters. The van der Waals surface area contributed by atoms with E-state index in [-0.39, 0.29) is 5.91 Å². The molecule has 0 spiro atoms. The number of aromatic nitrogens is 1. The average molecular weight is 208 g/mol. The summed E-state index contributed by atoms with van der Waals surface area (Å²) in [7, 11) is 0. The lowest BCUT2D eigenvalue weighted by Gasteiger charge is -2.09. The molecule has 3 heteroatoms. The first kappa shape index (κ1) is 11.8. The van der Waals surface area contributed by atoms with Gasteiger partial charge >= 0.3 is 0 Å². The normalized spacial score (nSPS) is 10.5. The molecule has 0 radical (unpaired) electrons. The third kappa shape index (κ3) is 2.41. The number of rotatable bonds is 3. The molecule has 15 heavy (non-hydrogen) atoms. The zero-order chi connectivity index (χ0) is 11.6. The highest BCUT2D eigenvalue weighted by Gasteiger charge is 2.10. The summed E-state index contributed by atoms with van der Waals surface area (Å²) in [5, 5.41) is 2.82. The number of hydrogen-bond acceptors (Lipinski definition) is 1. The molecule has 0 fully saturated rings. The summed E-state index contributed by atoms with van der Waals surface area (Å²) in [6.07, 6.45) is 0. The Morgan fingerprint density at radius 3 is 2.00 bits per heavy atom. The third-order valence-corrected chi connectivity index (χ3v) is 3.17. The lowest BCUT2D eigenvalue weighted by Crippen LogP contribution is -2.25. The SMILES string of the molecule is CC(=O)NCCn1c(C)c(C)c(C)c1C. The van der Waals surface area contributed by atoms with E-state index in [0.29, 0.717) is 6.54 Å². The van der Waals surface area contributed by atoms with Crippen molar-refractivity contribution in [3.63, 3.8) is 0 Å². The zero-order valence-electron chi connectivity index (χ0n) is 10.3. The van der Waals surface area contributed by atoms with Crippen molar-refractivity contribution in [3.05, 3.63) is 22.5 Å². The molecule has 1 heterocycles. The Hall–Kier alpha value is -1.25. The van der Waals surface area contributed by atoms with Gasteiger partial charge in [0.2, 0.25) is 5.91 Å². The van der Waals surface area contributed by atoms with Crippen molar-refractivity contribution in [3.8, 4) is 0 Å². The van der Waals surface area contributed by atoms with Gasteiger partial charge in [-0.05, 0) is 38.8 Å². The summed E-state index contributed by atoms with van der Waals surface area (Å²) < 4.78 is 2.26. The number of carbonyl (C=O) groups is 1.